The summed E-state index contributed by atoms with van der Waals surface area (Å²) >= 11 is 0. The van der Waals surface area contributed by atoms with Gasteiger partial charge in [0, 0.05) is 0 Å². The van der Waals surface area contributed by atoms with Gasteiger partial charge in [0.2, 0.25) is 0 Å². The van der Waals surface area contributed by atoms with Crippen molar-refractivity contribution in [3.63, 3.8) is 0 Å². The van der Waals surface area contributed by atoms with Gasteiger partial charge in [-0.05, 0) is 32.6 Å². The van der Waals surface area contributed by atoms with Gasteiger partial charge in [-0.25, -0.2) is 4.79 Å². The molecule has 0 aromatic carbocycles. The maximum atomic E-state index is 10.5. The van der Waals surface area contributed by atoms with Crippen molar-refractivity contribution in [2.24, 2.45) is 0 Å². The number of rotatable bonds is 19. The van der Waals surface area contributed by atoms with Crippen LogP contribution in [0.5, 0.6) is 0 Å². The van der Waals surface area contributed by atoms with Crippen LogP contribution in [0.3, 0.4) is 0 Å². The molecule has 0 aromatic rings. The van der Waals surface area contributed by atoms with Gasteiger partial charge in [0.05, 0.1) is 19.8 Å². The highest BCUT2D eigenvalue weighted by molar-refractivity contribution is 5.56. The number of unbranched alkanes of at least 4 members (excludes halogenated alkanes) is 6. The van der Waals surface area contributed by atoms with Gasteiger partial charge in [0.1, 0.15) is 31.8 Å². The van der Waals surface area contributed by atoms with Crippen LogP contribution in [0.15, 0.2) is 0 Å². The van der Waals surface area contributed by atoms with E-state index in [2.05, 4.69) is 11.7 Å². The third-order valence-corrected chi connectivity index (χ3v) is 5.43. The number of carbonyl (C=O) groups is 1. The van der Waals surface area contributed by atoms with Crippen molar-refractivity contribution in [1.29, 1.82) is 0 Å². The first-order valence-corrected chi connectivity index (χ1v) is 11.0. The Balaban J connectivity index is 3.96. The zero-order valence-electron chi connectivity index (χ0n) is 18.0. The summed E-state index contributed by atoms with van der Waals surface area (Å²) in [6.45, 7) is 6.72. The molecule has 0 aromatic heterocycles. The van der Waals surface area contributed by atoms with Crippen LogP contribution in [0.25, 0.3) is 0 Å². The second-order valence-corrected chi connectivity index (χ2v) is 8.04. The zero-order valence-corrected chi connectivity index (χ0v) is 18.0. The van der Waals surface area contributed by atoms with Gasteiger partial charge < -0.3 is 29.6 Å². The Morgan fingerprint density at radius 1 is 0.893 bits per heavy atom. The fourth-order valence-corrected chi connectivity index (χ4v) is 3.82. The van der Waals surface area contributed by atoms with Crippen molar-refractivity contribution < 1.29 is 34.4 Å². The molecule has 0 bridgehead atoms. The van der Waals surface area contributed by atoms with E-state index < -0.39 is 12.3 Å². The van der Waals surface area contributed by atoms with E-state index in [1.165, 1.54) is 0 Å². The molecule has 2 unspecified atom stereocenters. The van der Waals surface area contributed by atoms with Crippen LogP contribution in [0.1, 0.15) is 78.1 Å². The Bertz CT molecular complexity index is 374. The molecule has 4 N–H and O–H groups in total. The van der Waals surface area contributed by atoms with Crippen LogP contribution in [0.4, 0.5) is 4.79 Å². The Morgan fingerprint density at radius 2 is 1.43 bits per heavy atom. The average molecular weight is 407 g/mol. The molecule has 7 nitrogen and oxygen atoms in total. The minimum absolute atomic E-state index is 0.0759. The van der Waals surface area contributed by atoms with E-state index in [1.54, 1.807) is 6.92 Å². The second kappa shape index (κ2) is 17.0. The SMILES string of the molecule is CCCC[N+](CCO)(CCO)CC(O)CCCCCCCCC(C)OC(=O)O. The van der Waals surface area contributed by atoms with Crippen LogP contribution < -0.4 is 0 Å². The molecule has 28 heavy (non-hydrogen) atoms. The molecule has 0 aliphatic carbocycles. The summed E-state index contributed by atoms with van der Waals surface area (Å²) < 4.78 is 5.27. The lowest BCUT2D eigenvalue weighted by Gasteiger charge is -2.39. The van der Waals surface area contributed by atoms with Crippen LogP contribution in [0, 0.1) is 0 Å². The van der Waals surface area contributed by atoms with Crippen molar-refractivity contribution in [3.05, 3.63) is 0 Å². The van der Waals surface area contributed by atoms with Gasteiger partial charge in [-0.2, -0.15) is 0 Å². The molecule has 0 rings (SSSR count). The molecule has 2 atom stereocenters. The summed E-state index contributed by atoms with van der Waals surface area (Å²) in [6, 6.07) is 0. The summed E-state index contributed by atoms with van der Waals surface area (Å²) in [5.41, 5.74) is 0. The molecule has 0 saturated carbocycles. The standard InChI is InChI=1S/C21H43NO6/c1-3-4-13-22(14-16-23,15-17-24)18-20(25)12-10-8-6-5-7-9-11-19(2)28-21(26)27/h19-20,23-25H,3-18H2,1-2H3/p+1. The van der Waals surface area contributed by atoms with Crippen molar-refractivity contribution in [3.8, 4) is 0 Å². The Labute approximate surface area is 170 Å². The van der Waals surface area contributed by atoms with Gasteiger partial charge in [0.15, 0.2) is 0 Å². The third-order valence-electron chi connectivity index (χ3n) is 5.43. The van der Waals surface area contributed by atoms with Crippen LogP contribution in [-0.2, 0) is 4.74 Å². The first kappa shape index (κ1) is 27.1. The number of aliphatic hydroxyl groups excluding tert-OH is 3. The normalized spacial score (nSPS) is 14.0. The molecule has 0 spiro atoms. The lowest BCUT2D eigenvalue weighted by atomic mass is 10.0. The van der Waals surface area contributed by atoms with Crippen LogP contribution in [-0.4, -0.2) is 82.7 Å². The van der Waals surface area contributed by atoms with Gasteiger partial charge in [0.25, 0.3) is 0 Å². The van der Waals surface area contributed by atoms with Crippen molar-refractivity contribution in [2.75, 3.05) is 39.4 Å². The first-order valence-electron chi connectivity index (χ1n) is 11.0. The molecule has 0 heterocycles. The number of quaternary nitrogens is 1. The molecule has 0 saturated heterocycles. The number of hydrogen-bond donors (Lipinski definition) is 4. The lowest BCUT2D eigenvalue weighted by molar-refractivity contribution is -0.931. The number of hydrogen-bond acceptors (Lipinski definition) is 5. The average Bonchev–Trinajstić information content (AvgIpc) is 2.62. The van der Waals surface area contributed by atoms with Crippen LogP contribution in [0.2, 0.25) is 0 Å². The quantitative estimate of drug-likeness (QED) is 0.149. The summed E-state index contributed by atoms with van der Waals surface area (Å²) in [7, 11) is 0. The van der Waals surface area contributed by atoms with E-state index >= 15 is 0 Å². The largest absolute Gasteiger partial charge is 0.506 e. The van der Waals surface area contributed by atoms with Crippen molar-refractivity contribution in [1.82, 2.24) is 0 Å². The fraction of sp³-hybridized carbons (Fsp3) is 0.952. The minimum Gasteiger partial charge on any atom is -0.450 e. The molecule has 0 radical (unpaired) electrons. The Kier molecular flexibility index (Phi) is 16.5. The van der Waals surface area contributed by atoms with E-state index in [1.807, 2.05) is 0 Å². The number of nitrogens with zero attached hydrogens (tertiary/aromatic N) is 1. The van der Waals surface area contributed by atoms with E-state index in [4.69, 9.17) is 5.11 Å². The first-order chi connectivity index (χ1) is 13.4. The lowest BCUT2D eigenvalue weighted by Crippen LogP contribution is -2.55. The summed E-state index contributed by atoms with van der Waals surface area (Å²) in [5.74, 6) is 0. The second-order valence-electron chi connectivity index (χ2n) is 8.04. The zero-order chi connectivity index (χ0) is 21.3. The van der Waals surface area contributed by atoms with E-state index in [-0.39, 0.29) is 19.3 Å². The number of ether oxygens (including phenoxy) is 1. The topological polar surface area (TPSA) is 107 Å². The summed E-state index contributed by atoms with van der Waals surface area (Å²) in [6.07, 6.45) is 8.09. The summed E-state index contributed by atoms with van der Waals surface area (Å²) in [4.78, 5) is 10.4. The minimum atomic E-state index is -1.21. The highest BCUT2D eigenvalue weighted by Gasteiger charge is 2.28. The van der Waals surface area contributed by atoms with Gasteiger partial charge in [-0.15, -0.1) is 0 Å². The van der Waals surface area contributed by atoms with E-state index in [0.29, 0.717) is 24.1 Å². The highest BCUT2D eigenvalue weighted by atomic mass is 16.7. The number of aliphatic hydroxyl groups is 3. The predicted molar refractivity (Wildman–Crippen MR) is 110 cm³/mol. The van der Waals surface area contributed by atoms with Gasteiger partial charge in [-0.1, -0.05) is 45.4 Å². The molecule has 0 aliphatic rings. The molecular formula is C21H44NO6+. The van der Waals surface area contributed by atoms with E-state index in [0.717, 1.165) is 70.8 Å². The van der Waals surface area contributed by atoms with Crippen molar-refractivity contribution in [2.45, 2.75) is 90.3 Å². The molecule has 0 fully saturated rings. The monoisotopic (exact) mass is 406 g/mol. The molecular weight excluding hydrogens is 362 g/mol. The maximum absolute atomic E-state index is 10.5. The number of carboxylic acid groups (broad SMARTS) is 1. The molecule has 0 aliphatic heterocycles. The van der Waals surface area contributed by atoms with E-state index in [9.17, 15) is 20.1 Å². The maximum Gasteiger partial charge on any atom is 0.506 e. The Hall–Kier alpha value is -0.890. The highest BCUT2D eigenvalue weighted by Crippen LogP contribution is 2.16. The molecule has 168 valence electrons. The predicted octanol–water partition coefficient (Wildman–Crippen LogP) is 3.15. The fourth-order valence-electron chi connectivity index (χ4n) is 3.82. The van der Waals surface area contributed by atoms with Gasteiger partial charge in [-0.3, -0.25) is 0 Å². The van der Waals surface area contributed by atoms with Crippen molar-refractivity contribution >= 4 is 6.16 Å². The molecule has 0 amide bonds. The third kappa shape index (κ3) is 14.2. The van der Waals surface area contributed by atoms with Gasteiger partial charge >= 0.3 is 6.16 Å². The molecule has 7 heteroatoms. The van der Waals surface area contributed by atoms with Crippen LogP contribution >= 0.6 is 0 Å². The smallest absolute Gasteiger partial charge is 0.450 e. The summed E-state index contributed by atoms with van der Waals surface area (Å²) in [5, 5.41) is 37.8. The Morgan fingerprint density at radius 3 is 1.93 bits per heavy atom.